The summed E-state index contributed by atoms with van der Waals surface area (Å²) in [5, 5.41) is 13.1. The molecule has 1 heterocycles. The highest BCUT2D eigenvalue weighted by Crippen LogP contribution is 2.21. The Morgan fingerprint density at radius 3 is 2.77 bits per heavy atom. The van der Waals surface area contributed by atoms with Gasteiger partial charge in [0.2, 0.25) is 0 Å². The van der Waals surface area contributed by atoms with Crippen LogP contribution in [-0.4, -0.2) is 33.9 Å². The van der Waals surface area contributed by atoms with Crippen LogP contribution in [0.2, 0.25) is 5.02 Å². The molecule has 0 bridgehead atoms. The molecule has 1 aromatic carbocycles. The van der Waals surface area contributed by atoms with Crippen LogP contribution in [0.25, 0.3) is 0 Å². The topological polar surface area (TPSA) is 96.3 Å². The minimum absolute atomic E-state index is 0.00564. The molecule has 0 aliphatic heterocycles. The number of aromatic nitrogens is 2. The molecule has 1 unspecified atom stereocenters. The number of nitrogens with one attached hydrogen (secondary N) is 2. The van der Waals surface area contributed by atoms with E-state index in [9.17, 15) is 19.1 Å². The lowest BCUT2D eigenvalue weighted by atomic mass is 10.3. The molecule has 2 aromatic rings. The van der Waals surface area contributed by atoms with Gasteiger partial charge in [-0.25, -0.2) is 9.18 Å². The van der Waals surface area contributed by atoms with Crippen molar-refractivity contribution >= 4 is 11.6 Å². The minimum atomic E-state index is -0.917. The van der Waals surface area contributed by atoms with E-state index in [1.165, 1.54) is 22.9 Å². The number of benzene rings is 1. The van der Waals surface area contributed by atoms with Gasteiger partial charge in [0.25, 0.3) is 5.56 Å². The van der Waals surface area contributed by atoms with Crippen LogP contribution in [0.1, 0.15) is 25.5 Å². The highest BCUT2D eigenvalue weighted by molar-refractivity contribution is 6.30. The molecule has 7 nitrogen and oxygen atoms in total. The molecule has 0 saturated carbocycles. The molecular formula is C17H21ClFN3O4. The van der Waals surface area contributed by atoms with Crippen molar-refractivity contribution in [1.29, 1.82) is 0 Å². The zero-order chi connectivity index (χ0) is 19.3. The van der Waals surface area contributed by atoms with Gasteiger partial charge in [-0.05, 0) is 32.0 Å². The normalized spacial score (nSPS) is 12.4. The number of H-pyrrole nitrogens is 1. The minimum Gasteiger partial charge on any atom is -0.488 e. The predicted molar refractivity (Wildman–Crippen MR) is 96.3 cm³/mol. The van der Waals surface area contributed by atoms with Crippen molar-refractivity contribution in [3.05, 3.63) is 61.6 Å². The van der Waals surface area contributed by atoms with Gasteiger partial charge in [0.15, 0.2) is 11.6 Å². The van der Waals surface area contributed by atoms with E-state index in [1.54, 1.807) is 0 Å². The summed E-state index contributed by atoms with van der Waals surface area (Å²) in [6.45, 7) is 3.80. The fraction of sp³-hybridized carbons (Fsp3) is 0.412. The van der Waals surface area contributed by atoms with Crippen molar-refractivity contribution in [2.45, 2.75) is 32.5 Å². The number of aliphatic hydroxyl groups excluding tert-OH is 1. The van der Waals surface area contributed by atoms with Gasteiger partial charge in [-0.2, -0.15) is 0 Å². The van der Waals surface area contributed by atoms with Crippen molar-refractivity contribution < 1.29 is 14.2 Å². The lowest BCUT2D eigenvalue weighted by Gasteiger charge is -2.14. The Morgan fingerprint density at radius 1 is 1.38 bits per heavy atom. The largest absolute Gasteiger partial charge is 0.488 e. The quantitative estimate of drug-likeness (QED) is 0.639. The maximum Gasteiger partial charge on any atom is 0.328 e. The highest BCUT2D eigenvalue weighted by atomic mass is 35.5. The van der Waals surface area contributed by atoms with Gasteiger partial charge in [0.05, 0.1) is 0 Å². The summed E-state index contributed by atoms with van der Waals surface area (Å²) in [4.78, 5) is 25.7. The summed E-state index contributed by atoms with van der Waals surface area (Å²) in [6.07, 6.45) is 0.574. The number of aliphatic hydroxyl groups is 1. The van der Waals surface area contributed by atoms with Crippen molar-refractivity contribution in [2.24, 2.45) is 0 Å². The van der Waals surface area contributed by atoms with Crippen molar-refractivity contribution in [3.8, 4) is 5.75 Å². The first kappa shape index (κ1) is 20.2. The van der Waals surface area contributed by atoms with Gasteiger partial charge < -0.3 is 15.2 Å². The van der Waals surface area contributed by atoms with E-state index < -0.39 is 23.2 Å². The third-order valence-electron chi connectivity index (χ3n) is 3.62. The van der Waals surface area contributed by atoms with E-state index in [2.05, 4.69) is 10.3 Å². The van der Waals surface area contributed by atoms with E-state index in [0.717, 1.165) is 6.07 Å². The SMILES string of the molecule is CC(C)n1cc(CNCC(O)COc2ccc(Cl)cc2F)c(=O)[nH]c1=O. The Hall–Kier alpha value is -2.16. The first-order valence-electron chi connectivity index (χ1n) is 8.09. The maximum absolute atomic E-state index is 13.6. The Balaban J connectivity index is 1.86. The number of halogens is 2. The molecular weight excluding hydrogens is 365 g/mol. The monoisotopic (exact) mass is 385 g/mol. The molecule has 0 fully saturated rings. The fourth-order valence-electron chi connectivity index (χ4n) is 2.25. The summed E-state index contributed by atoms with van der Waals surface area (Å²) >= 11 is 5.66. The van der Waals surface area contributed by atoms with Gasteiger partial charge in [-0.15, -0.1) is 0 Å². The number of nitrogens with zero attached hydrogens (tertiary/aromatic N) is 1. The number of aromatic amines is 1. The van der Waals surface area contributed by atoms with Crippen LogP contribution < -0.4 is 21.3 Å². The molecule has 2 rings (SSSR count). The Labute approximate surface area is 154 Å². The number of hydrogen-bond acceptors (Lipinski definition) is 5. The standard InChI is InChI=1S/C17H21ClFN3O4/c1-10(2)22-8-11(16(24)21-17(22)25)6-20-7-13(23)9-26-15-4-3-12(18)5-14(15)19/h3-5,8,10,13,20,23H,6-7,9H2,1-2H3,(H,21,24,25). The zero-order valence-corrected chi connectivity index (χ0v) is 15.2. The molecule has 0 saturated heterocycles. The summed E-state index contributed by atoms with van der Waals surface area (Å²) < 4.78 is 20.2. The zero-order valence-electron chi connectivity index (χ0n) is 14.5. The molecule has 3 N–H and O–H groups in total. The molecule has 142 valence electrons. The summed E-state index contributed by atoms with van der Waals surface area (Å²) in [5.41, 5.74) is -0.573. The summed E-state index contributed by atoms with van der Waals surface area (Å²) in [6, 6.07) is 3.90. The molecule has 0 spiro atoms. The molecule has 0 radical (unpaired) electrons. The molecule has 0 aliphatic rings. The molecule has 1 aromatic heterocycles. The first-order chi connectivity index (χ1) is 12.3. The number of hydrogen-bond donors (Lipinski definition) is 3. The van der Waals surface area contributed by atoms with Crippen molar-refractivity contribution in [2.75, 3.05) is 13.2 Å². The second-order valence-electron chi connectivity index (χ2n) is 6.09. The Morgan fingerprint density at radius 2 is 2.12 bits per heavy atom. The van der Waals surface area contributed by atoms with Crippen molar-refractivity contribution in [1.82, 2.24) is 14.9 Å². The van der Waals surface area contributed by atoms with Crippen molar-refractivity contribution in [3.63, 3.8) is 0 Å². The summed E-state index contributed by atoms with van der Waals surface area (Å²) in [5.74, 6) is -0.617. The Kier molecular flexibility index (Phi) is 6.96. The van der Waals surface area contributed by atoms with E-state index in [4.69, 9.17) is 16.3 Å². The Bertz CT molecular complexity index is 866. The molecule has 0 aliphatic carbocycles. The number of rotatable bonds is 8. The molecule has 26 heavy (non-hydrogen) atoms. The van der Waals surface area contributed by atoms with Crippen LogP contribution in [0.15, 0.2) is 34.0 Å². The van der Waals surface area contributed by atoms with Crippen LogP contribution in [0.5, 0.6) is 5.75 Å². The second-order valence-corrected chi connectivity index (χ2v) is 6.52. The molecule has 9 heteroatoms. The van der Waals surface area contributed by atoms with E-state index in [0.29, 0.717) is 5.56 Å². The second kappa shape index (κ2) is 8.98. The molecule has 1 atom stereocenters. The number of ether oxygens (including phenoxy) is 1. The van der Waals surface area contributed by atoms with Gasteiger partial charge in [0, 0.05) is 35.9 Å². The van der Waals surface area contributed by atoms with E-state index >= 15 is 0 Å². The van der Waals surface area contributed by atoms with Crippen LogP contribution in [0.4, 0.5) is 4.39 Å². The average Bonchev–Trinajstić information content (AvgIpc) is 2.55. The van der Waals surface area contributed by atoms with Gasteiger partial charge in [-0.1, -0.05) is 11.6 Å². The van der Waals surface area contributed by atoms with Crippen LogP contribution >= 0.6 is 11.6 Å². The highest BCUT2D eigenvalue weighted by Gasteiger charge is 2.10. The van der Waals surface area contributed by atoms with E-state index in [-0.39, 0.29) is 36.5 Å². The predicted octanol–water partition coefficient (Wildman–Crippen LogP) is 1.44. The third kappa shape index (κ3) is 5.42. The summed E-state index contributed by atoms with van der Waals surface area (Å²) in [7, 11) is 0. The van der Waals surface area contributed by atoms with E-state index in [1.807, 2.05) is 13.8 Å². The molecule has 0 amide bonds. The van der Waals surface area contributed by atoms with Crippen LogP contribution in [0, 0.1) is 5.82 Å². The average molecular weight is 386 g/mol. The maximum atomic E-state index is 13.6. The fourth-order valence-corrected chi connectivity index (χ4v) is 2.41. The first-order valence-corrected chi connectivity index (χ1v) is 8.46. The lowest BCUT2D eigenvalue weighted by Crippen LogP contribution is -2.36. The van der Waals surface area contributed by atoms with Gasteiger partial charge in [-0.3, -0.25) is 14.3 Å². The van der Waals surface area contributed by atoms with Gasteiger partial charge in [0.1, 0.15) is 12.7 Å². The van der Waals surface area contributed by atoms with Gasteiger partial charge >= 0.3 is 5.69 Å². The smallest absolute Gasteiger partial charge is 0.328 e. The third-order valence-corrected chi connectivity index (χ3v) is 3.85. The lowest BCUT2D eigenvalue weighted by molar-refractivity contribution is 0.104. The van der Waals surface area contributed by atoms with Crippen LogP contribution in [0.3, 0.4) is 0 Å². The van der Waals surface area contributed by atoms with Crippen LogP contribution in [-0.2, 0) is 6.54 Å².